The van der Waals surface area contributed by atoms with Gasteiger partial charge in [0, 0.05) is 11.6 Å². The highest BCUT2D eigenvalue weighted by atomic mass is 19.1. The highest BCUT2D eigenvalue weighted by Crippen LogP contribution is 2.23. The Morgan fingerprint density at radius 1 is 1.35 bits per heavy atom. The molecule has 0 fully saturated rings. The van der Waals surface area contributed by atoms with Crippen LogP contribution < -0.4 is 0 Å². The number of hydrogen-bond acceptors (Lipinski definition) is 3. The molecular formula is C12H13F2NO2. The van der Waals surface area contributed by atoms with Crippen LogP contribution >= 0.6 is 0 Å². The fraction of sp³-hybridized carbons (Fsp3) is 0.417. The smallest absolute Gasteiger partial charge is 0.172 e. The molecule has 17 heavy (non-hydrogen) atoms. The van der Waals surface area contributed by atoms with Crippen LogP contribution in [0.4, 0.5) is 8.78 Å². The molecule has 0 heterocycles. The third-order valence-electron chi connectivity index (χ3n) is 2.39. The molecule has 0 bridgehead atoms. The molecule has 0 saturated heterocycles. The normalized spacial score (nSPS) is 16.0. The fourth-order valence-corrected chi connectivity index (χ4v) is 1.22. The highest BCUT2D eigenvalue weighted by molar-refractivity contribution is 5.25. The van der Waals surface area contributed by atoms with Crippen molar-refractivity contribution in [3.63, 3.8) is 0 Å². The van der Waals surface area contributed by atoms with E-state index in [9.17, 15) is 13.9 Å². The zero-order chi connectivity index (χ0) is 13.0. The first kappa shape index (κ1) is 13.6. The van der Waals surface area contributed by atoms with Gasteiger partial charge in [0.2, 0.25) is 0 Å². The first-order valence-electron chi connectivity index (χ1n) is 5.13. The molecule has 3 atom stereocenters. The van der Waals surface area contributed by atoms with E-state index in [0.29, 0.717) is 6.07 Å². The Balaban J connectivity index is 2.91. The molecule has 0 radical (unpaired) electrons. The molecule has 0 aliphatic heterocycles. The summed E-state index contributed by atoms with van der Waals surface area (Å²) in [6.45, 7) is 3.07. The van der Waals surface area contributed by atoms with Crippen molar-refractivity contribution < 1.29 is 18.6 Å². The first-order valence-corrected chi connectivity index (χ1v) is 5.13. The summed E-state index contributed by atoms with van der Waals surface area (Å²) in [6.07, 6.45) is -2.57. The second kappa shape index (κ2) is 5.71. The van der Waals surface area contributed by atoms with Gasteiger partial charge in [-0.1, -0.05) is 0 Å². The van der Waals surface area contributed by atoms with Gasteiger partial charge < -0.3 is 9.84 Å². The second-order valence-corrected chi connectivity index (χ2v) is 3.76. The lowest BCUT2D eigenvalue weighted by atomic mass is 10.1. The summed E-state index contributed by atoms with van der Waals surface area (Å²) in [5.74, 6) is -1.55. The van der Waals surface area contributed by atoms with Crippen molar-refractivity contribution in [3.05, 3.63) is 35.4 Å². The van der Waals surface area contributed by atoms with Gasteiger partial charge in [-0.05, 0) is 26.0 Å². The second-order valence-electron chi connectivity index (χ2n) is 3.76. The molecule has 0 amide bonds. The van der Waals surface area contributed by atoms with E-state index in [1.165, 1.54) is 6.92 Å². The largest absolute Gasteiger partial charge is 0.391 e. The van der Waals surface area contributed by atoms with Gasteiger partial charge in [0.05, 0.1) is 18.3 Å². The van der Waals surface area contributed by atoms with E-state index in [4.69, 9.17) is 10.00 Å². The van der Waals surface area contributed by atoms with Gasteiger partial charge in [0.15, 0.2) is 6.10 Å². The van der Waals surface area contributed by atoms with Crippen LogP contribution in [-0.2, 0) is 4.74 Å². The summed E-state index contributed by atoms with van der Waals surface area (Å²) >= 11 is 0. The minimum atomic E-state index is -1.17. The molecule has 1 aromatic carbocycles. The predicted molar refractivity (Wildman–Crippen MR) is 56.9 cm³/mol. The molecule has 1 rings (SSSR count). The molecule has 5 heteroatoms. The zero-order valence-corrected chi connectivity index (χ0v) is 9.52. The van der Waals surface area contributed by atoms with Crippen LogP contribution in [-0.4, -0.2) is 17.3 Å². The number of aliphatic hydroxyl groups excluding tert-OH is 1. The van der Waals surface area contributed by atoms with Crippen LogP contribution in [0, 0.1) is 23.0 Å². The Kier molecular flexibility index (Phi) is 4.55. The first-order chi connectivity index (χ1) is 7.95. The number of hydrogen-bond donors (Lipinski definition) is 1. The van der Waals surface area contributed by atoms with Crippen LogP contribution in [0.15, 0.2) is 18.2 Å². The van der Waals surface area contributed by atoms with E-state index in [0.717, 1.165) is 12.1 Å². The van der Waals surface area contributed by atoms with Gasteiger partial charge in [-0.3, -0.25) is 0 Å². The number of benzene rings is 1. The summed E-state index contributed by atoms with van der Waals surface area (Å²) < 4.78 is 31.3. The molecule has 1 N–H and O–H groups in total. The van der Waals surface area contributed by atoms with Gasteiger partial charge in [-0.15, -0.1) is 0 Å². The Morgan fingerprint density at radius 2 is 2.00 bits per heavy atom. The van der Waals surface area contributed by atoms with E-state index in [2.05, 4.69) is 0 Å². The maximum atomic E-state index is 13.4. The molecule has 0 aliphatic carbocycles. The highest BCUT2D eigenvalue weighted by Gasteiger charge is 2.21. The van der Waals surface area contributed by atoms with E-state index < -0.39 is 29.9 Å². The van der Waals surface area contributed by atoms with Crippen LogP contribution in [0.5, 0.6) is 0 Å². The third-order valence-corrected chi connectivity index (χ3v) is 2.39. The van der Waals surface area contributed by atoms with Crippen molar-refractivity contribution in [3.8, 4) is 6.07 Å². The van der Waals surface area contributed by atoms with Crippen molar-refractivity contribution >= 4 is 0 Å². The lowest BCUT2D eigenvalue weighted by Crippen LogP contribution is -2.24. The molecule has 3 unspecified atom stereocenters. The standard InChI is InChI=1S/C12H13F2NO2/c1-7(16)8(2)17-12(6-15)10-4-3-9(13)5-11(10)14/h3-5,7-8,12,16H,1-2H3. The van der Waals surface area contributed by atoms with Gasteiger partial charge in [0.25, 0.3) is 0 Å². The van der Waals surface area contributed by atoms with Crippen LogP contribution in [0.2, 0.25) is 0 Å². The monoisotopic (exact) mass is 241 g/mol. The SMILES string of the molecule is CC(O)C(C)OC(C#N)c1ccc(F)cc1F. The molecule has 0 saturated carbocycles. The quantitative estimate of drug-likeness (QED) is 0.880. The van der Waals surface area contributed by atoms with Crippen molar-refractivity contribution in [1.29, 1.82) is 5.26 Å². The maximum Gasteiger partial charge on any atom is 0.172 e. The van der Waals surface area contributed by atoms with Crippen LogP contribution in [0.3, 0.4) is 0 Å². The van der Waals surface area contributed by atoms with Crippen molar-refractivity contribution in [2.75, 3.05) is 0 Å². The molecule has 0 aliphatic rings. The van der Waals surface area contributed by atoms with Crippen LogP contribution in [0.25, 0.3) is 0 Å². The van der Waals surface area contributed by atoms with Gasteiger partial charge >= 0.3 is 0 Å². The fourth-order valence-electron chi connectivity index (χ4n) is 1.22. The minimum Gasteiger partial charge on any atom is -0.391 e. The number of ether oxygens (including phenoxy) is 1. The number of nitrogens with zero attached hydrogens (tertiary/aromatic N) is 1. The van der Waals surface area contributed by atoms with E-state index in [1.807, 2.05) is 0 Å². The van der Waals surface area contributed by atoms with E-state index in [1.54, 1.807) is 13.0 Å². The van der Waals surface area contributed by atoms with Crippen molar-refractivity contribution in [1.82, 2.24) is 0 Å². The van der Waals surface area contributed by atoms with Gasteiger partial charge in [-0.25, -0.2) is 8.78 Å². The van der Waals surface area contributed by atoms with Crippen molar-refractivity contribution in [2.45, 2.75) is 32.2 Å². The Labute approximate surface area is 98.3 Å². The summed E-state index contributed by atoms with van der Waals surface area (Å²) in [5.41, 5.74) is -0.0404. The number of aliphatic hydroxyl groups is 1. The Hall–Kier alpha value is -1.51. The molecule has 3 nitrogen and oxygen atoms in total. The lowest BCUT2D eigenvalue weighted by molar-refractivity contribution is -0.0435. The molecule has 92 valence electrons. The lowest BCUT2D eigenvalue weighted by Gasteiger charge is -2.20. The molecular weight excluding hydrogens is 228 g/mol. The molecule has 0 aromatic heterocycles. The van der Waals surface area contributed by atoms with E-state index in [-0.39, 0.29) is 5.56 Å². The number of rotatable bonds is 4. The summed E-state index contributed by atoms with van der Waals surface area (Å²) in [7, 11) is 0. The maximum absolute atomic E-state index is 13.4. The third kappa shape index (κ3) is 3.48. The Bertz CT molecular complexity index is 429. The topological polar surface area (TPSA) is 53.2 Å². The molecule has 0 spiro atoms. The summed E-state index contributed by atoms with van der Waals surface area (Å²) in [6, 6.07) is 4.67. The van der Waals surface area contributed by atoms with Gasteiger partial charge in [-0.2, -0.15) is 5.26 Å². The van der Waals surface area contributed by atoms with Crippen LogP contribution in [0.1, 0.15) is 25.5 Å². The van der Waals surface area contributed by atoms with Crippen molar-refractivity contribution in [2.24, 2.45) is 0 Å². The molecule has 1 aromatic rings. The number of halogens is 2. The average molecular weight is 241 g/mol. The minimum absolute atomic E-state index is 0.0404. The van der Waals surface area contributed by atoms with Gasteiger partial charge in [0.1, 0.15) is 11.6 Å². The summed E-state index contributed by atoms with van der Waals surface area (Å²) in [5, 5.41) is 18.1. The average Bonchev–Trinajstić information content (AvgIpc) is 2.26. The zero-order valence-electron chi connectivity index (χ0n) is 9.52. The Morgan fingerprint density at radius 3 is 2.47 bits per heavy atom. The predicted octanol–water partition coefficient (Wildman–Crippen LogP) is 2.32. The number of nitriles is 1. The summed E-state index contributed by atoms with van der Waals surface area (Å²) in [4.78, 5) is 0. The van der Waals surface area contributed by atoms with E-state index >= 15 is 0 Å².